The number of phosphoric acid groups is 2. The summed E-state index contributed by atoms with van der Waals surface area (Å²) in [5.41, 5.74) is 0. The first-order chi connectivity index (χ1) is 47.8. The molecule has 0 aliphatic heterocycles. The largest absolute Gasteiger partial charge is 0.472 e. The zero-order chi connectivity index (χ0) is 73.0. The summed E-state index contributed by atoms with van der Waals surface area (Å²) in [5, 5.41) is 10.6. The summed E-state index contributed by atoms with van der Waals surface area (Å²) in [6.45, 7) is 12.0. The molecule has 0 heterocycles. The summed E-state index contributed by atoms with van der Waals surface area (Å²) in [4.78, 5) is 73.0. The van der Waals surface area contributed by atoms with Crippen LogP contribution in [0.15, 0.2) is 0 Å². The van der Waals surface area contributed by atoms with E-state index in [9.17, 15) is 43.2 Å². The molecule has 99 heavy (non-hydrogen) atoms. The van der Waals surface area contributed by atoms with Gasteiger partial charge in [0.25, 0.3) is 0 Å². The Kier molecular flexibility index (Phi) is 69.0. The lowest BCUT2D eigenvalue weighted by Gasteiger charge is -2.21. The second-order valence-electron chi connectivity index (χ2n) is 30.0. The molecule has 3 unspecified atom stereocenters. The molecule has 0 amide bonds. The molecule has 0 saturated heterocycles. The van der Waals surface area contributed by atoms with E-state index in [0.29, 0.717) is 25.7 Å². The van der Waals surface area contributed by atoms with E-state index >= 15 is 0 Å². The second kappa shape index (κ2) is 70.4. The fraction of sp³-hybridized carbons (Fsp3) is 0.950. The molecule has 0 bridgehead atoms. The number of rotatable bonds is 78. The molecule has 0 aliphatic carbocycles. The Hall–Kier alpha value is -1.94. The predicted molar refractivity (Wildman–Crippen MR) is 405 cm³/mol. The number of carbonyl (C=O) groups excluding carboxylic acids is 4. The van der Waals surface area contributed by atoms with Gasteiger partial charge >= 0.3 is 39.5 Å². The molecule has 0 saturated carbocycles. The highest BCUT2D eigenvalue weighted by Gasteiger charge is 2.30. The lowest BCUT2D eigenvalue weighted by Crippen LogP contribution is -2.30. The number of aliphatic hydroxyl groups is 1. The van der Waals surface area contributed by atoms with Crippen LogP contribution in [0.3, 0.4) is 0 Å². The van der Waals surface area contributed by atoms with Crippen LogP contribution in [0.1, 0.15) is 414 Å². The number of ether oxygens (including phenoxy) is 4. The number of aliphatic hydroxyl groups excluding tert-OH is 1. The van der Waals surface area contributed by atoms with Gasteiger partial charge in [0.15, 0.2) is 12.2 Å². The smallest absolute Gasteiger partial charge is 0.462 e. The Labute approximate surface area is 607 Å². The van der Waals surface area contributed by atoms with Crippen molar-refractivity contribution in [3.8, 4) is 0 Å². The van der Waals surface area contributed by atoms with E-state index in [-0.39, 0.29) is 25.7 Å². The number of hydrogen-bond donors (Lipinski definition) is 3. The van der Waals surface area contributed by atoms with Crippen molar-refractivity contribution in [3.05, 3.63) is 0 Å². The molecule has 0 spiro atoms. The summed E-state index contributed by atoms with van der Waals surface area (Å²) in [7, 11) is -9.92. The van der Waals surface area contributed by atoms with Gasteiger partial charge in [-0.1, -0.05) is 363 Å². The van der Waals surface area contributed by atoms with E-state index in [4.69, 9.17) is 37.0 Å². The fourth-order valence-electron chi connectivity index (χ4n) is 12.3. The van der Waals surface area contributed by atoms with E-state index < -0.39 is 97.5 Å². The van der Waals surface area contributed by atoms with E-state index in [1.165, 1.54) is 225 Å². The van der Waals surface area contributed by atoms with E-state index in [1.807, 2.05) is 0 Å². The predicted octanol–water partition coefficient (Wildman–Crippen LogP) is 23.7. The van der Waals surface area contributed by atoms with Crippen molar-refractivity contribution in [1.29, 1.82) is 0 Å². The average molecular weight is 1450 g/mol. The minimum Gasteiger partial charge on any atom is -0.462 e. The zero-order valence-corrected chi connectivity index (χ0v) is 66.8. The van der Waals surface area contributed by atoms with Gasteiger partial charge in [0, 0.05) is 25.7 Å². The van der Waals surface area contributed by atoms with Crippen molar-refractivity contribution in [2.75, 3.05) is 39.6 Å². The van der Waals surface area contributed by atoms with Crippen LogP contribution >= 0.6 is 15.6 Å². The number of phosphoric ester groups is 2. The van der Waals surface area contributed by atoms with E-state index in [1.54, 1.807) is 0 Å². The Morgan fingerprint density at radius 3 is 0.768 bits per heavy atom. The van der Waals surface area contributed by atoms with Crippen LogP contribution in [0.2, 0.25) is 0 Å². The van der Waals surface area contributed by atoms with Crippen LogP contribution < -0.4 is 0 Å². The zero-order valence-electron chi connectivity index (χ0n) is 65.0. The van der Waals surface area contributed by atoms with Gasteiger partial charge in [-0.3, -0.25) is 37.3 Å². The van der Waals surface area contributed by atoms with Gasteiger partial charge in [0.2, 0.25) is 0 Å². The van der Waals surface area contributed by atoms with Crippen LogP contribution in [0, 0.1) is 17.8 Å². The second-order valence-corrected chi connectivity index (χ2v) is 32.9. The summed E-state index contributed by atoms with van der Waals surface area (Å²) < 4.78 is 68.7. The lowest BCUT2D eigenvalue weighted by atomic mass is 9.99. The van der Waals surface area contributed by atoms with Gasteiger partial charge < -0.3 is 33.8 Å². The van der Waals surface area contributed by atoms with Crippen molar-refractivity contribution in [2.45, 2.75) is 433 Å². The highest BCUT2D eigenvalue weighted by Crippen LogP contribution is 2.45. The molecule has 588 valence electrons. The third-order valence-corrected chi connectivity index (χ3v) is 20.9. The van der Waals surface area contributed by atoms with E-state index in [0.717, 1.165) is 108 Å². The van der Waals surface area contributed by atoms with Gasteiger partial charge in [-0.2, -0.15) is 0 Å². The van der Waals surface area contributed by atoms with Crippen LogP contribution in [0.4, 0.5) is 0 Å². The molecular formula is C80H156O17P2. The Bertz CT molecular complexity index is 1920. The lowest BCUT2D eigenvalue weighted by molar-refractivity contribution is -0.161. The van der Waals surface area contributed by atoms with Crippen molar-refractivity contribution in [3.63, 3.8) is 0 Å². The van der Waals surface area contributed by atoms with E-state index in [2.05, 4.69) is 48.5 Å². The first-order valence-corrected chi connectivity index (χ1v) is 44.4. The molecule has 0 aromatic rings. The molecule has 3 N–H and O–H groups in total. The maximum absolute atomic E-state index is 13.1. The van der Waals surface area contributed by atoms with Gasteiger partial charge in [-0.15, -0.1) is 0 Å². The fourth-order valence-corrected chi connectivity index (χ4v) is 13.9. The average Bonchev–Trinajstić information content (AvgIpc) is 1.34. The number of esters is 4. The van der Waals surface area contributed by atoms with Crippen LogP contribution in [-0.4, -0.2) is 96.7 Å². The monoisotopic (exact) mass is 1450 g/mol. The Morgan fingerprint density at radius 1 is 0.293 bits per heavy atom. The first kappa shape index (κ1) is 97.1. The van der Waals surface area contributed by atoms with Gasteiger partial charge in [-0.25, -0.2) is 9.13 Å². The number of unbranched alkanes of at least 4 members (excludes halogenated alkanes) is 45. The molecule has 17 nitrogen and oxygen atoms in total. The maximum atomic E-state index is 13.1. The standard InChI is InChI=1S/C80H156O17P2/c1-8-10-11-12-13-14-15-27-32-40-47-54-61-77(82)91-68-76(97-80(85)64-57-50-43-36-35-39-46-53-60-73(7)9-2)70-95-99(88,89)93-66-74(81)65-92-98(86,87)94-69-75(67-90-78(83)62-55-48-41-33-28-24-20-22-26-31-38-45-52-59-72(5)6)96-79(84)63-56-49-42-34-29-23-19-17-16-18-21-25-30-37-44-51-58-71(3)4/h71-76,81H,8-70H2,1-7H3,(H,86,87)(H,88,89)/t73?,74-,75-,76-/m1/s1. The number of carbonyl (C=O) groups is 4. The molecule has 0 aromatic heterocycles. The van der Waals surface area contributed by atoms with Crippen LogP contribution in [0.5, 0.6) is 0 Å². The highest BCUT2D eigenvalue weighted by molar-refractivity contribution is 7.47. The minimum atomic E-state index is -4.96. The molecule has 0 rings (SSSR count). The molecule has 0 radical (unpaired) electrons. The van der Waals surface area contributed by atoms with Crippen molar-refractivity contribution < 1.29 is 80.2 Å². The highest BCUT2D eigenvalue weighted by atomic mass is 31.2. The quantitative estimate of drug-likeness (QED) is 0.0222. The van der Waals surface area contributed by atoms with Crippen molar-refractivity contribution in [2.24, 2.45) is 17.8 Å². The van der Waals surface area contributed by atoms with Gasteiger partial charge in [-0.05, 0) is 43.4 Å². The molecular weight excluding hydrogens is 1290 g/mol. The summed E-state index contributed by atoms with van der Waals surface area (Å²) in [6, 6.07) is 0. The third-order valence-electron chi connectivity index (χ3n) is 19.0. The molecule has 0 aliphatic rings. The Balaban J connectivity index is 5.25. The topological polar surface area (TPSA) is 237 Å². The van der Waals surface area contributed by atoms with Gasteiger partial charge in [0.05, 0.1) is 26.4 Å². The Morgan fingerprint density at radius 2 is 0.515 bits per heavy atom. The minimum absolute atomic E-state index is 0.105. The van der Waals surface area contributed by atoms with Crippen LogP contribution in [0.25, 0.3) is 0 Å². The van der Waals surface area contributed by atoms with Gasteiger partial charge in [0.1, 0.15) is 19.3 Å². The third kappa shape index (κ3) is 72.8. The maximum Gasteiger partial charge on any atom is 0.472 e. The molecule has 0 aromatic carbocycles. The first-order valence-electron chi connectivity index (χ1n) is 41.4. The summed E-state index contributed by atoms with van der Waals surface area (Å²) >= 11 is 0. The van der Waals surface area contributed by atoms with Crippen molar-refractivity contribution >= 4 is 39.5 Å². The number of hydrogen-bond acceptors (Lipinski definition) is 15. The molecule has 6 atom stereocenters. The molecule has 0 fully saturated rings. The molecule has 19 heteroatoms. The normalized spacial score (nSPS) is 14.3. The van der Waals surface area contributed by atoms with Crippen LogP contribution in [-0.2, 0) is 65.4 Å². The SMILES string of the molecule is CCCCCCCCCCCCCCC(=O)OC[C@H](COP(=O)(O)OC[C@H](O)COP(=O)(O)OC[C@@H](COC(=O)CCCCCCCCCCCCCCCC(C)C)OC(=O)CCCCCCCCCCCCCCCCCCC(C)C)OC(=O)CCCCCCCCCCC(C)CC. The van der Waals surface area contributed by atoms with Crippen molar-refractivity contribution in [1.82, 2.24) is 0 Å². The summed E-state index contributed by atoms with van der Waals surface area (Å²) in [6.07, 6.45) is 58.1. The summed E-state index contributed by atoms with van der Waals surface area (Å²) in [5.74, 6) is 0.258.